The standard InChI is InChI=1S/C23H41N5O2/c1-7-29-21-10-9-20(15-22(21)30-8-2)19(4)26-23(24-5)25-16-18(3)17-28-13-11-27(6)12-14-28/h9-10,15,18-19H,7-8,11-14,16-17H2,1-6H3,(H2,24,25,26). The summed E-state index contributed by atoms with van der Waals surface area (Å²) in [5.41, 5.74) is 1.13. The highest BCUT2D eigenvalue weighted by Gasteiger charge is 2.17. The molecule has 1 aliphatic rings. The van der Waals surface area contributed by atoms with Crippen molar-refractivity contribution in [1.29, 1.82) is 0 Å². The van der Waals surface area contributed by atoms with Crippen molar-refractivity contribution in [2.75, 3.05) is 66.6 Å². The van der Waals surface area contributed by atoms with Gasteiger partial charge in [0, 0.05) is 46.3 Å². The topological polar surface area (TPSA) is 61.4 Å². The van der Waals surface area contributed by atoms with Crippen molar-refractivity contribution in [2.45, 2.75) is 33.7 Å². The van der Waals surface area contributed by atoms with Crippen LogP contribution in [0.2, 0.25) is 0 Å². The zero-order valence-corrected chi connectivity index (χ0v) is 19.7. The number of aliphatic imine (C=N–C) groups is 1. The molecule has 1 fully saturated rings. The number of rotatable bonds is 10. The summed E-state index contributed by atoms with van der Waals surface area (Å²) in [5, 5.41) is 6.98. The Bertz CT molecular complexity index is 659. The highest BCUT2D eigenvalue weighted by atomic mass is 16.5. The number of benzene rings is 1. The fraction of sp³-hybridized carbons (Fsp3) is 0.696. The molecular formula is C23H41N5O2. The summed E-state index contributed by atoms with van der Waals surface area (Å²) < 4.78 is 11.4. The van der Waals surface area contributed by atoms with Crippen LogP contribution in [0.3, 0.4) is 0 Å². The van der Waals surface area contributed by atoms with Gasteiger partial charge in [0.05, 0.1) is 19.3 Å². The molecule has 7 heteroatoms. The van der Waals surface area contributed by atoms with Crippen molar-refractivity contribution in [1.82, 2.24) is 20.4 Å². The second-order valence-corrected chi connectivity index (χ2v) is 8.10. The molecule has 2 unspecified atom stereocenters. The van der Waals surface area contributed by atoms with E-state index in [0.717, 1.165) is 62.3 Å². The van der Waals surface area contributed by atoms with Crippen LogP contribution in [0.25, 0.3) is 0 Å². The van der Waals surface area contributed by atoms with E-state index < -0.39 is 0 Å². The lowest BCUT2D eigenvalue weighted by atomic mass is 10.1. The lowest BCUT2D eigenvalue weighted by Crippen LogP contribution is -2.47. The lowest BCUT2D eigenvalue weighted by Gasteiger charge is -2.34. The number of hydrogen-bond donors (Lipinski definition) is 2. The molecule has 0 saturated carbocycles. The zero-order chi connectivity index (χ0) is 21.9. The van der Waals surface area contributed by atoms with Crippen molar-refractivity contribution in [3.05, 3.63) is 23.8 Å². The van der Waals surface area contributed by atoms with E-state index in [1.54, 1.807) is 0 Å². The van der Waals surface area contributed by atoms with Gasteiger partial charge in [0.2, 0.25) is 0 Å². The van der Waals surface area contributed by atoms with Gasteiger partial charge in [-0.1, -0.05) is 13.0 Å². The van der Waals surface area contributed by atoms with Gasteiger partial charge in [0.25, 0.3) is 0 Å². The summed E-state index contributed by atoms with van der Waals surface area (Å²) in [6.45, 7) is 16.3. The van der Waals surface area contributed by atoms with Crippen LogP contribution in [-0.4, -0.2) is 82.3 Å². The van der Waals surface area contributed by atoms with Gasteiger partial charge in [-0.2, -0.15) is 0 Å². The molecule has 2 N–H and O–H groups in total. The van der Waals surface area contributed by atoms with Crippen LogP contribution in [0.1, 0.15) is 39.3 Å². The van der Waals surface area contributed by atoms with Gasteiger partial charge < -0.3 is 29.9 Å². The Morgan fingerprint density at radius 3 is 2.37 bits per heavy atom. The minimum absolute atomic E-state index is 0.0963. The summed E-state index contributed by atoms with van der Waals surface area (Å²) in [6, 6.07) is 6.21. The zero-order valence-electron chi connectivity index (χ0n) is 19.7. The van der Waals surface area contributed by atoms with Crippen molar-refractivity contribution >= 4 is 5.96 Å². The Hall–Kier alpha value is -1.99. The average Bonchev–Trinajstić information content (AvgIpc) is 2.74. The Labute approximate surface area is 182 Å². The van der Waals surface area contributed by atoms with E-state index in [1.165, 1.54) is 0 Å². The van der Waals surface area contributed by atoms with Crippen LogP contribution in [0, 0.1) is 5.92 Å². The number of likely N-dealkylation sites (N-methyl/N-ethyl adjacent to an activating group) is 1. The van der Waals surface area contributed by atoms with Crippen molar-refractivity contribution in [3.63, 3.8) is 0 Å². The fourth-order valence-electron chi connectivity index (χ4n) is 3.63. The molecule has 1 aromatic rings. The van der Waals surface area contributed by atoms with Gasteiger partial charge in [-0.05, 0) is 51.4 Å². The summed E-state index contributed by atoms with van der Waals surface area (Å²) in [5.74, 6) is 2.95. The van der Waals surface area contributed by atoms with Gasteiger partial charge in [-0.3, -0.25) is 4.99 Å². The number of hydrogen-bond acceptors (Lipinski definition) is 5. The molecule has 0 spiro atoms. The molecule has 1 aromatic carbocycles. The van der Waals surface area contributed by atoms with Crippen LogP contribution in [0.4, 0.5) is 0 Å². The van der Waals surface area contributed by atoms with E-state index in [2.05, 4.69) is 58.5 Å². The predicted octanol–water partition coefficient (Wildman–Crippen LogP) is 2.59. The summed E-state index contributed by atoms with van der Waals surface area (Å²) in [7, 11) is 4.01. The second-order valence-electron chi connectivity index (χ2n) is 8.10. The molecule has 0 aromatic heterocycles. The Balaban J connectivity index is 1.86. The van der Waals surface area contributed by atoms with Crippen LogP contribution in [0.5, 0.6) is 11.5 Å². The normalized spacial score (nSPS) is 18.0. The summed E-state index contributed by atoms with van der Waals surface area (Å²) in [4.78, 5) is 9.36. The first-order chi connectivity index (χ1) is 14.5. The highest BCUT2D eigenvalue weighted by Crippen LogP contribution is 2.30. The molecule has 1 aliphatic heterocycles. The maximum Gasteiger partial charge on any atom is 0.191 e. The molecule has 170 valence electrons. The van der Waals surface area contributed by atoms with Crippen LogP contribution in [0.15, 0.2) is 23.2 Å². The molecule has 0 radical (unpaired) electrons. The number of nitrogens with one attached hydrogen (secondary N) is 2. The van der Waals surface area contributed by atoms with Crippen molar-refractivity contribution in [2.24, 2.45) is 10.9 Å². The largest absolute Gasteiger partial charge is 0.490 e. The van der Waals surface area contributed by atoms with Gasteiger partial charge in [-0.25, -0.2) is 0 Å². The molecule has 1 heterocycles. The van der Waals surface area contributed by atoms with Crippen LogP contribution in [-0.2, 0) is 0 Å². The first-order valence-corrected chi connectivity index (χ1v) is 11.2. The highest BCUT2D eigenvalue weighted by molar-refractivity contribution is 5.80. The third kappa shape index (κ3) is 7.69. The third-order valence-corrected chi connectivity index (χ3v) is 5.43. The molecule has 30 heavy (non-hydrogen) atoms. The third-order valence-electron chi connectivity index (χ3n) is 5.43. The van der Waals surface area contributed by atoms with Crippen molar-refractivity contribution in [3.8, 4) is 11.5 Å². The Morgan fingerprint density at radius 2 is 1.73 bits per heavy atom. The van der Waals surface area contributed by atoms with Gasteiger partial charge in [0.15, 0.2) is 17.5 Å². The minimum Gasteiger partial charge on any atom is -0.490 e. The smallest absolute Gasteiger partial charge is 0.191 e. The van der Waals surface area contributed by atoms with Gasteiger partial charge in [0.1, 0.15) is 0 Å². The first-order valence-electron chi connectivity index (χ1n) is 11.2. The number of piperazine rings is 1. The molecule has 2 rings (SSSR count). The maximum atomic E-state index is 5.76. The summed E-state index contributed by atoms with van der Waals surface area (Å²) in [6.07, 6.45) is 0. The average molecular weight is 420 g/mol. The SMILES string of the molecule is CCOc1ccc(C(C)NC(=NC)NCC(C)CN2CCN(C)CC2)cc1OCC. The van der Waals surface area contributed by atoms with E-state index in [-0.39, 0.29) is 6.04 Å². The first kappa shape index (κ1) is 24.3. The molecule has 2 atom stereocenters. The predicted molar refractivity (Wildman–Crippen MR) is 125 cm³/mol. The van der Waals surface area contributed by atoms with Crippen LogP contribution < -0.4 is 20.1 Å². The quantitative estimate of drug-likeness (QED) is 0.449. The Kier molecular flexibility index (Phi) is 10.2. The molecule has 7 nitrogen and oxygen atoms in total. The maximum absolute atomic E-state index is 5.76. The van der Waals surface area contributed by atoms with Gasteiger partial charge >= 0.3 is 0 Å². The van der Waals surface area contributed by atoms with Gasteiger partial charge in [-0.15, -0.1) is 0 Å². The molecule has 0 bridgehead atoms. The number of ether oxygens (including phenoxy) is 2. The Morgan fingerprint density at radius 1 is 1.07 bits per heavy atom. The summed E-state index contributed by atoms with van der Waals surface area (Å²) >= 11 is 0. The minimum atomic E-state index is 0.0963. The van der Waals surface area contributed by atoms with E-state index in [4.69, 9.17) is 9.47 Å². The molecule has 0 aliphatic carbocycles. The van der Waals surface area contributed by atoms with E-state index in [9.17, 15) is 0 Å². The monoisotopic (exact) mass is 419 g/mol. The molecular weight excluding hydrogens is 378 g/mol. The number of nitrogens with zero attached hydrogens (tertiary/aromatic N) is 3. The van der Waals surface area contributed by atoms with Crippen molar-refractivity contribution < 1.29 is 9.47 Å². The lowest BCUT2D eigenvalue weighted by molar-refractivity contribution is 0.139. The van der Waals surface area contributed by atoms with Crippen LogP contribution >= 0.6 is 0 Å². The number of guanidine groups is 1. The molecule has 1 saturated heterocycles. The second kappa shape index (κ2) is 12.6. The molecule has 0 amide bonds. The fourth-order valence-corrected chi connectivity index (χ4v) is 3.63. The van der Waals surface area contributed by atoms with E-state index in [1.807, 2.05) is 27.0 Å². The van der Waals surface area contributed by atoms with E-state index >= 15 is 0 Å². The van der Waals surface area contributed by atoms with E-state index in [0.29, 0.717) is 19.1 Å².